The average Bonchev–Trinajstić information content (AvgIpc) is 2.66. The molecule has 1 N–H and O–H groups in total. The van der Waals surface area contributed by atoms with E-state index < -0.39 is 24.7 Å². The van der Waals surface area contributed by atoms with E-state index in [1.165, 1.54) is 30.0 Å². The Morgan fingerprint density at radius 1 is 1.10 bits per heavy atom. The highest BCUT2D eigenvalue weighted by Crippen LogP contribution is 2.34. The topological polar surface area (TPSA) is 58.6 Å². The van der Waals surface area contributed by atoms with Crippen molar-refractivity contribution in [1.82, 2.24) is 4.90 Å². The first-order valence-electron chi connectivity index (χ1n) is 8.89. The van der Waals surface area contributed by atoms with E-state index in [1.54, 1.807) is 18.3 Å². The summed E-state index contributed by atoms with van der Waals surface area (Å²) in [5.74, 6) is -0.748. The number of nitrogens with zero attached hydrogens (tertiary/aromatic N) is 1. The van der Waals surface area contributed by atoms with Crippen LogP contribution < -0.4 is 10.1 Å². The second kappa shape index (κ2) is 8.38. The number of carbonyl (C=O) groups is 2. The minimum Gasteiger partial charge on any atom is -0.482 e. The number of ether oxygens (including phenoxy) is 1. The van der Waals surface area contributed by atoms with Gasteiger partial charge >= 0.3 is 6.18 Å². The fraction of sp³-hybridized carbons (Fsp3) is 0.238. The molecule has 0 radical (unpaired) electrons. The zero-order chi connectivity index (χ0) is 21.0. The van der Waals surface area contributed by atoms with E-state index in [1.807, 2.05) is 24.3 Å². The Bertz CT molecular complexity index is 941. The molecule has 1 unspecified atom stereocenters. The van der Waals surface area contributed by atoms with E-state index in [-0.39, 0.29) is 23.8 Å². The number of halogens is 3. The lowest BCUT2D eigenvalue weighted by Crippen LogP contribution is -2.33. The molecule has 2 aromatic carbocycles. The number of carbonyl (C=O) groups excluding carboxylic acids is 2. The number of benzene rings is 2. The van der Waals surface area contributed by atoms with Gasteiger partial charge in [-0.3, -0.25) is 9.59 Å². The molecule has 1 atom stereocenters. The van der Waals surface area contributed by atoms with Crippen LogP contribution in [-0.4, -0.2) is 29.5 Å². The van der Waals surface area contributed by atoms with Gasteiger partial charge in [-0.2, -0.15) is 13.2 Å². The van der Waals surface area contributed by atoms with Crippen molar-refractivity contribution in [1.29, 1.82) is 0 Å². The third-order valence-corrected chi connectivity index (χ3v) is 4.40. The largest absolute Gasteiger partial charge is 0.482 e. The number of anilines is 1. The molecule has 0 bridgehead atoms. The fourth-order valence-electron chi connectivity index (χ4n) is 3.15. The van der Waals surface area contributed by atoms with Crippen LogP contribution in [-0.2, 0) is 9.59 Å². The molecule has 3 rings (SSSR count). The molecule has 0 saturated carbocycles. The van der Waals surface area contributed by atoms with Gasteiger partial charge in [0, 0.05) is 13.1 Å². The maximum absolute atomic E-state index is 12.7. The molecular weight excluding hydrogens is 385 g/mol. The first kappa shape index (κ1) is 20.4. The molecule has 1 aliphatic heterocycles. The van der Waals surface area contributed by atoms with Gasteiger partial charge in [-0.1, -0.05) is 36.4 Å². The van der Waals surface area contributed by atoms with Crippen molar-refractivity contribution >= 4 is 23.6 Å². The summed E-state index contributed by atoms with van der Waals surface area (Å²) in [6.45, 7) is -0.0533. The van der Waals surface area contributed by atoms with Crippen molar-refractivity contribution in [2.24, 2.45) is 0 Å². The Morgan fingerprint density at radius 3 is 2.52 bits per heavy atom. The Hall–Kier alpha value is -3.29. The van der Waals surface area contributed by atoms with E-state index in [4.69, 9.17) is 4.74 Å². The summed E-state index contributed by atoms with van der Waals surface area (Å²) in [4.78, 5) is 26.1. The van der Waals surface area contributed by atoms with Crippen molar-refractivity contribution < 1.29 is 27.5 Å². The van der Waals surface area contributed by atoms with Crippen LogP contribution in [0.4, 0.5) is 18.9 Å². The van der Waals surface area contributed by atoms with Gasteiger partial charge in [0.2, 0.25) is 11.8 Å². The maximum atomic E-state index is 12.7. The number of amides is 2. The second-order valence-electron chi connectivity index (χ2n) is 6.54. The van der Waals surface area contributed by atoms with E-state index in [0.29, 0.717) is 0 Å². The average molecular weight is 404 g/mol. The quantitative estimate of drug-likeness (QED) is 0.797. The minimum absolute atomic E-state index is 0.0610. The summed E-state index contributed by atoms with van der Waals surface area (Å²) in [6.07, 6.45) is -1.12. The summed E-state index contributed by atoms with van der Waals surface area (Å²) in [6, 6.07) is 12.8. The molecule has 0 fully saturated rings. The minimum atomic E-state index is -4.49. The Kier molecular flexibility index (Phi) is 5.91. The van der Waals surface area contributed by atoms with Gasteiger partial charge < -0.3 is 15.0 Å². The SMILES string of the molecule is CC(=O)N1C=Cc2ccccc2C1CC(=O)Nc1ccccc1OCC(F)(F)F. The zero-order valence-corrected chi connectivity index (χ0v) is 15.6. The molecule has 2 aromatic rings. The number of para-hydroxylation sites is 2. The summed E-state index contributed by atoms with van der Waals surface area (Å²) < 4.78 is 42.1. The molecule has 0 aliphatic carbocycles. The van der Waals surface area contributed by atoms with Gasteiger partial charge in [-0.15, -0.1) is 0 Å². The van der Waals surface area contributed by atoms with Crippen molar-refractivity contribution in [2.45, 2.75) is 25.6 Å². The van der Waals surface area contributed by atoms with Crippen molar-refractivity contribution in [3.8, 4) is 5.75 Å². The first-order valence-corrected chi connectivity index (χ1v) is 8.89. The van der Waals surface area contributed by atoms with E-state index in [2.05, 4.69) is 5.32 Å². The number of fused-ring (bicyclic) bond motifs is 1. The monoisotopic (exact) mass is 404 g/mol. The molecule has 0 saturated heterocycles. The third kappa shape index (κ3) is 5.16. The van der Waals surface area contributed by atoms with Gasteiger partial charge in [0.25, 0.3) is 0 Å². The highest BCUT2D eigenvalue weighted by molar-refractivity contribution is 5.93. The standard InChI is InChI=1S/C21H19F3N2O3/c1-14(27)26-11-10-15-6-2-3-7-16(15)18(26)12-20(28)25-17-8-4-5-9-19(17)29-13-21(22,23)24/h2-11,18H,12-13H2,1H3,(H,25,28). The molecule has 1 heterocycles. The van der Waals surface area contributed by atoms with Gasteiger partial charge in [0.05, 0.1) is 18.2 Å². The predicted octanol–water partition coefficient (Wildman–Crippen LogP) is 4.53. The van der Waals surface area contributed by atoms with Crippen LogP contribution in [0.1, 0.15) is 30.5 Å². The van der Waals surface area contributed by atoms with Crippen molar-refractivity contribution in [3.63, 3.8) is 0 Å². The lowest BCUT2D eigenvalue weighted by molar-refractivity contribution is -0.153. The summed E-state index contributed by atoms with van der Waals surface area (Å²) in [7, 11) is 0. The Morgan fingerprint density at radius 2 is 1.79 bits per heavy atom. The van der Waals surface area contributed by atoms with Crippen LogP contribution in [0.2, 0.25) is 0 Å². The number of hydrogen-bond donors (Lipinski definition) is 1. The van der Waals surface area contributed by atoms with Crippen LogP contribution in [0.25, 0.3) is 6.08 Å². The Balaban J connectivity index is 1.77. The number of alkyl halides is 3. The zero-order valence-electron chi connectivity index (χ0n) is 15.6. The number of nitrogens with one attached hydrogen (secondary N) is 1. The lowest BCUT2D eigenvalue weighted by atomic mass is 9.93. The molecular formula is C21H19F3N2O3. The van der Waals surface area contributed by atoms with E-state index in [0.717, 1.165) is 11.1 Å². The van der Waals surface area contributed by atoms with E-state index in [9.17, 15) is 22.8 Å². The van der Waals surface area contributed by atoms with Gasteiger partial charge in [-0.25, -0.2) is 0 Å². The Labute approximate surface area is 165 Å². The molecule has 1 aliphatic rings. The van der Waals surface area contributed by atoms with Gasteiger partial charge in [-0.05, 0) is 29.3 Å². The van der Waals surface area contributed by atoms with Gasteiger partial charge in [0.15, 0.2) is 6.61 Å². The molecule has 152 valence electrons. The van der Waals surface area contributed by atoms with Crippen LogP contribution in [0.5, 0.6) is 5.75 Å². The second-order valence-corrected chi connectivity index (χ2v) is 6.54. The molecule has 0 aromatic heterocycles. The lowest BCUT2D eigenvalue weighted by Gasteiger charge is -2.32. The van der Waals surface area contributed by atoms with Crippen LogP contribution in [0, 0.1) is 0 Å². The van der Waals surface area contributed by atoms with Gasteiger partial charge in [0.1, 0.15) is 5.75 Å². The highest BCUT2D eigenvalue weighted by Gasteiger charge is 2.30. The smallest absolute Gasteiger partial charge is 0.422 e. The summed E-state index contributed by atoms with van der Waals surface area (Å²) in [5, 5.41) is 2.59. The van der Waals surface area contributed by atoms with Crippen molar-refractivity contribution in [2.75, 3.05) is 11.9 Å². The highest BCUT2D eigenvalue weighted by atomic mass is 19.4. The predicted molar refractivity (Wildman–Crippen MR) is 102 cm³/mol. The van der Waals surface area contributed by atoms with Crippen LogP contribution >= 0.6 is 0 Å². The molecule has 5 nitrogen and oxygen atoms in total. The molecule has 2 amide bonds. The molecule has 0 spiro atoms. The molecule has 8 heteroatoms. The number of rotatable bonds is 5. The van der Waals surface area contributed by atoms with Crippen LogP contribution in [0.15, 0.2) is 54.7 Å². The normalized spacial score (nSPS) is 15.6. The summed E-state index contributed by atoms with van der Waals surface area (Å²) >= 11 is 0. The third-order valence-electron chi connectivity index (χ3n) is 4.40. The van der Waals surface area contributed by atoms with Crippen molar-refractivity contribution in [3.05, 3.63) is 65.9 Å². The first-order chi connectivity index (χ1) is 13.7. The van der Waals surface area contributed by atoms with Crippen LogP contribution in [0.3, 0.4) is 0 Å². The molecule has 29 heavy (non-hydrogen) atoms. The van der Waals surface area contributed by atoms with E-state index >= 15 is 0 Å². The maximum Gasteiger partial charge on any atom is 0.422 e. The summed E-state index contributed by atoms with van der Waals surface area (Å²) in [5.41, 5.74) is 1.86. The number of hydrogen-bond acceptors (Lipinski definition) is 3. The fourth-order valence-corrected chi connectivity index (χ4v) is 3.15.